The van der Waals surface area contributed by atoms with Crippen molar-refractivity contribution in [2.24, 2.45) is 0 Å². The van der Waals surface area contributed by atoms with Crippen LogP contribution in [0.1, 0.15) is 28.2 Å². The van der Waals surface area contributed by atoms with E-state index in [0.717, 1.165) is 6.42 Å². The van der Waals surface area contributed by atoms with Crippen molar-refractivity contribution in [2.75, 3.05) is 26.8 Å². The number of aromatic nitrogens is 1. The molecule has 2 heterocycles. The number of carbonyl (C=O) groups is 2. The highest BCUT2D eigenvalue weighted by Gasteiger charge is 2.33. The second-order valence-corrected chi connectivity index (χ2v) is 4.43. The number of aryl methyl sites for hydroxylation is 2. The normalized spacial score (nSPS) is 15.1. The van der Waals surface area contributed by atoms with E-state index in [4.69, 9.17) is 9.26 Å². The zero-order valence-corrected chi connectivity index (χ0v) is 11.3. The first kappa shape index (κ1) is 13.5. The Morgan fingerprint density at radius 2 is 2.00 bits per heavy atom. The lowest BCUT2D eigenvalue weighted by Gasteiger charge is -2.27. The van der Waals surface area contributed by atoms with E-state index in [9.17, 15) is 9.59 Å². The molecule has 0 saturated carbocycles. The van der Waals surface area contributed by atoms with Gasteiger partial charge in [-0.2, -0.15) is 0 Å². The monoisotopic (exact) mass is 267 g/mol. The second kappa shape index (κ2) is 5.40. The first-order chi connectivity index (χ1) is 9.06. The minimum atomic E-state index is -0.252. The smallest absolute Gasteiger partial charge is 0.277 e. The van der Waals surface area contributed by atoms with Gasteiger partial charge in [0.1, 0.15) is 17.9 Å². The van der Waals surface area contributed by atoms with Gasteiger partial charge in [-0.1, -0.05) is 5.16 Å². The summed E-state index contributed by atoms with van der Waals surface area (Å²) in [7, 11) is 1.45. The van der Waals surface area contributed by atoms with Crippen molar-refractivity contribution >= 4 is 11.8 Å². The molecule has 1 aliphatic rings. The third-order valence-electron chi connectivity index (χ3n) is 3.07. The summed E-state index contributed by atoms with van der Waals surface area (Å²) in [6.45, 7) is 4.40. The fourth-order valence-corrected chi connectivity index (χ4v) is 2.20. The number of nitrogens with zero attached hydrogens (tertiary/aromatic N) is 3. The summed E-state index contributed by atoms with van der Waals surface area (Å²) in [6.07, 6.45) is 0.755. The lowest BCUT2D eigenvalue weighted by Crippen LogP contribution is -2.46. The van der Waals surface area contributed by atoms with Crippen molar-refractivity contribution in [2.45, 2.75) is 20.3 Å². The average Bonchev–Trinajstić information content (AvgIpc) is 2.96. The van der Waals surface area contributed by atoms with Gasteiger partial charge in [0.05, 0.1) is 5.69 Å². The van der Waals surface area contributed by atoms with Crippen LogP contribution in [0, 0.1) is 13.8 Å². The van der Waals surface area contributed by atoms with Gasteiger partial charge in [0.2, 0.25) is 0 Å². The Morgan fingerprint density at radius 3 is 2.58 bits per heavy atom. The third-order valence-corrected chi connectivity index (χ3v) is 3.07. The third kappa shape index (κ3) is 2.46. The molecule has 1 aromatic rings. The molecule has 2 amide bonds. The largest absolute Gasteiger partial charge is 0.375 e. The second-order valence-electron chi connectivity index (χ2n) is 4.43. The van der Waals surface area contributed by atoms with E-state index in [2.05, 4.69) is 5.16 Å². The summed E-state index contributed by atoms with van der Waals surface area (Å²) >= 11 is 0. The molecule has 104 valence electrons. The van der Waals surface area contributed by atoms with Crippen LogP contribution in [0.2, 0.25) is 0 Å². The van der Waals surface area contributed by atoms with E-state index in [-0.39, 0.29) is 18.4 Å². The van der Waals surface area contributed by atoms with E-state index in [1.807, 2.05) is 0 Å². The molecule has 1 fully saturated rings. The number of hydrazine groups is 1. The minimum Gasteiger partial charge on any atom is -0.375 e. The molecule has 0 spiro atoms. The molecule has 1 aliphatic heterocycles. The summed E-state index contributed by atoms with van der Waals surface area (Å²) < 4.78 is 9.82. The minimum absolute atomic E-state index is 0.0363. The molecule has 2 rings (SSSR count). The van der Waals surface area contributed by atoms with Crippen LogP contribution < -0.4 is 0 Å². The van der Waals surface area contributed by atoms with Crippen molar-refractivity contribution in [1.29, 1.82) is 0 Å². The van der Waals surface area contributed by atoms with Gasteiger partial charge in [-0.15, -0.1) is 0 Å². The fraction of sp³-hybridized carbons (Fsp3) is 0.583. The van der Waals surface area contributed by atoms with Gasteiger partial charge >= 0.3 is 0 Å². The van der Waals surface area contributed by atoms with Crippen molar-refractivity contribution in [3.63, 3.8) is 0 Å². The van der Waals surface area contributed by atoms with Gasteiger partial charge in [-0.25, -0.2) is 10.0 Å². The highest BCUT2D eigenvalue weighted by molar-refractivity contribution is 5.97. The lowest BCUT2D eigenvalue weighted by atomic mass is 10.2. The first-order valence-corrected chi connectivity index (χ1v) is 6.10. The maximum atomic E-state index is 12.5. The molecule has 7 nitrogen and oxygen atoms in total. The molecule has 0 atom stereocenters. The van der Waals surface area contributed by atoms with E-state index in [1.165, 1.54) is 17.1 Å². The van der Waals surface area contributed by atoms with E-state index in [1.54, 1.807) is 13.8 Å². The Hall–Kier alpha value is -1.89. The Morgan fingerprint density at radius 1 is 1.32 bits per heavy atom. The molecular weight excluding hydrogens is 250 g/mol. The van der Waals surface area contributed by atoms with Crippen molar-refractivity contribution in [3.05, 3.63) is 17.0 Å². The van der Waals surface area contributed by atoms with Crippen LogP contribution in [0.15, 0.2) is 4.52 Å². The van der Waals surface area contributed by atoms with Crippen LogP contribution in [0.25, 0.3) is 0 Å². The molecule has 0 N–H and O–H groups in total. The van der Waals surface area contributed by atoms with Crippen molar-refractivity contribution in [3.8, 4) is 0 Å². The summed E-state index contributed by atoms with van der Waals surface area (Å²) in [5.74, 6) is -0.00754. The zero-order valence-electron chi connectivity index (χ0n) is 11.3. The zero-order chi connectivity index (χ0) is 14.0. The molecule has 19 heavy (non-hydrogen) atoms. The molecule has 0 unspecified atom stereocenters. The number of amides is 2. The van der Waals surface area contributed by atoms with Crippen molar-refractivity contribution < 1.29 is 18.8 Å². The predicted octanol–water partition coefficient (Wildman–Crippen LogP) is 0.527. The van der Waals surface area contributed by atoms with Gasteiger partial charge in [-0.3, -0.25) is 9.59 Å². The Labute approximate surface area is 111 Å². The van der Waals surface area contributed by atoms with Crippen molar-refractivity contribution in [1.82, 2.24) is 15.2 Å². The van der Waals surface area contributed by atoms with Crippen LogP contribution in [0.5, 0.6) is 0 Å². The Balaban J connectivity index is 2.21. The Kier molecular flexibility index (Phi) is 3.84. The van der Waals surface area contributed by atoms with Crippen LogP contribution in [0.3, 0.4) is 0 Å². The maximum Gasteiger partial charge on any atom is 0.277 e. The molecule has 0 bridgehead atoms. The van der Waals surface area contributed by atoms with Crippen LogP contribution in [0.4, 0.5) is 0 Å². The molecular formula is C12H17N3O4. The molecule has 1 aromatic heterocycles. The van der Waals surface area contributed by atoms with Gasteiger partial charge < -0.3 is 9.26 Å². The number of rotatable bonds is 3. The number of ether oxygens (including phenoxy) is 1. The van der Waals surface area contributed by atoms with E-state index < -0.39 is 0 Å². The molecule has 0 radical (unpaired) electrons. The highest BCUT2D eigenvalue weighted by atomic mass is 16.5. The SMILES string of the molecule is COCC(=O)N1CCCN1C(=O)c1c(C)noc1C. The highest BCUT2D eigenvalue weighted by Crippen LogP contribution is 2.20. The molecule has 0 aliphatic carbocycles. The van der Waals surface area contributed by atoms with E-state index >= 15 is 0 Å². The summed E-state index contributed by atoms with van der Waals surface area (Å²) in [6, 6.07) is 0. The van der Waals surface area contributed by atoms with Gasteiger partial charge in [-0.05, 0) is 20.3 Å². The van der Waals surface area contributed by atoms with Gasteiger partial charge in [0.15, 0.2) is 0 Å². The summed E-state index contributed by atoms with van der Waals surface area (Å²) in [5, 5.41) is 6.63. The number of methoxy groups -OCH3 is 1. The topological polar surface area (TPSA) is 75.9 Å². The average molecular weight is 267 g/mol. The van der Waals surface area contributed by atoms with Crippen LogP contribution >= 0.6 is 0 Å². The molecule has 7 heteroatoms. The van der Waals surface area contributed by atoms with E-state index in [0.29, 0.717) is 30.1 Å². The summed E-state index contributed by atoms with van der Waals surface area (Å²) in [4.78, 5) is 24.3. The summed E-state index contributed by atoms with van der Waals surface area (Å²) in [5.41, 5.74) is 0.964. The number of hydrogen-bond acceptors (Lipinski definition) is 5. The quantitative estimate of drug-likeness (QED) is 0.798. The fourth-order valence-electron chi connectivity index (χ4n) is 2.20. The van der Waals surface area contributed by atoms with Crippen LogP contribution in [-0.4, -0.2) is 53.8 Å². The number of carbonyl (C=O) groups excluding carboxylic acids is 2. The lowest BCUT2D eigenvalue weighted by molar-refractivity contribution is -0.144. The molecule has 1 saturated heterocycles. The standard InChI is InChI=1S/C12H17N3O4/c1-8-11(9(2)19-13-8)12(17)15-6-4-5-14(15)10(16)7-18-3/h4-7H2,1-3H3. The first-order valence-electron chi connectivity index (χ1n) is 6.10. The maximum absolute atomic E-state index is 12.5. The Bertz CT molecular complexity index is 478. The van der Waals surface area contributed by atoms with Crippen LogP contribution in [-0.2, 0) is 9.53 Å². The predicted molar refractivity (Wildman–Crippen MR) is 65.2 cm³/mol. The number of hydrogen-bond donors (Lipinski definition) is 0. The van der Waals surface area contributed by atoms with Gasteiger partial charge in [0, 0.05) is 20.2 Å². The molecule has 0 aromatic carbocycles. The van der Waals surface area contributed by atoms with Gasteiger partial charge in [0.25, 0.3) is 11.8 Å².